The lowest BCUT2D eigenvalue weighted by Crippen LogP contribution is -2.32. The summed E-state index contributed by atoms with van der Waals surface area (Å²) >= 11 is 1.44. The average Bonchev–Trinajstić information content (AvgIpc) is 3.26. The SMILES string of the molecule is O=C(Nc1ccc(O)c(-c2cc(C3CCCC3)n(C(=O)NC3CC3)n2)c1)c1cc2ccccc2s1. The maximum Gasteiger partial charge on any atom is 0.342 e. The fourth-order valence-corrected chi connectivity index (χ4v) is 5.73. The number of benzene rings is 2. The van der Waals surface area contributed by atoms with Crippen molar-refractivity contribution in [2.24, 2.45) is 0 Å². The second-order valence-electron chi connectivity index (χ2n) is 9.41. The summed E-state index contributed by atoms with van der Waals surface area (Å²) in [5, 5.41) is 22.2. The smallest absolute Gasteiger partial charge is 0.342 e. The average molecular weight is 487 g/mol. The van der Waals surface area contributed by atoms with Gasteiger partial charge in [-0.25, -0.2) is 4.79 Å². The molecule has 0 aliphatic heterocycles. The molecule has 2 heterocycles. The molecule has 178 valence electrons. The highest BCUT2D eigenvalue weighted by atomic mass is 32.1. The summed E-state index contributed by atoms with van der Waals surface area (Å²) in [6.45, 7) is 0. The Hall–Kier alpha value is -3.65. The monoisotopic (exact) mass is 486 g/mol. The van der Waals surface area contributed by atoms with Gasteiger partial charge in [0.15, 0.2) is 0 Å². The van der Waals surface area contributed by atoms with Gasteiger partial charge in [-0.2, -0.15) is 9.78 Å². The predicted molar refractivity (Wildman–Crippen MR) is 137 cm³/mol. The number of carbonyl (C=O) groups is 2. The quantitative estimate of drug-likeness (QED) is 0.297. The number of aromatic nitrogens is 2. The van der Waals surface area contributed by atoms with Gasteiger partial charge in [0, 0.05) is 27.9 Å². The molecule has 7 nitrogen and oxygen atoms in total. The van der Waals surface area contributed by atoms with Crippen LogP contribution in [0.25, 0.3) is 21.3 Å². The first-order chi connectivity index (χ1) is 17.0. The summed E-state index contributed by atoms with van der Waals surface area (Å²) in [6.07, 6.45) is 6.33. The molecule has 0 atom stereocenters. The zero-order chi connectivity index (χ0) is 23.9. The molecule has 4 aromatic rings. The number of anilines is 1. The number of carbonyl (C=O) groups excluding carboxylic acids is 2. The van der Waals surface area contributed by atoms with Crippen molar-refractivity contribution < 1.29 is 14.7 Å². The Bertz CT molecular complexity index is 1400. The number of phenols is 1. The molecule has 2 aromatic heterocycles. The highest BCUT2D eigenvalue weighted by Crippen LogP contribution is 2.38. The van der Waals surface area contributed by atoms with Gasteiger partial charge in [-0.05, 0) is 67.5 Å². The topological polar surface area (TPSA) is 96.2 Å². The summed E-state index contributed by atoms with van der Waals surface area (Å²) in [5.41, 5.74) is 2.44. The molecule has 8 heteroatoms. The summed E-state index contributed by atoms with van der Waals surface area (Å²) < 4.78 is 2.53. The molecule has 2 aliphatic carbocycles. The second kappa shape index (κ2) is 8.85. The van der Waals surface area contributed by atoms with Crippen molar-refractivity contribution in [3.63, 3.8) is 0 Å². The van der Waals surface area contributed by atoms with Crippen molar-refractivity contribution >= 4 is 39.0 Å². The van der Waals surface area contributed by atoms with Crippen LogP contribution in [0.1, 0.15) is 59.8 Å². The van der Waals surface area contributed by atoms with Crippen molar-refractivity contribution in [3.8, 4) is 17.0 Å². The van der Waals surface area contributed by atoms with Crippen LogP contribution in [0.4, 0.5) is 10.5 Å². The molecule has 0 spiro atoms. The van der Waals surface area contributed by atoms with Crippen LogP contribution in [0, 0.1) is 0 Å². The first kappa shape index (κ1) is 21.9. The largest absolute Gasteiger partial charge is 0.507 e. The first-order valence-electron chi connectivity index (χ1n) is 12.1. The lowest BCUT2D eigenvalue weighted by atomic mass is 10.0. The molecule has 0 bridgehead atoms. The minimum atomic E-state index is -0.214. The number of fused-ring (bicyclic) bond motifs is 1. The molecule has 0 unspecified atom stereocenters. The Labute approximate surface area is 206 Å². The van der Waals surface area contributed by atoms with Crippen LogP contribution >= 0.6 is 11.3 Å². The van der Waals surface area contributed by atoms with Crippen LogP contribution < -0.4 is 10.6 Å². The molecule has 2 saturated carbocycles. The van der Waals surface area contributed by atoms with E-state index < -0.39 is 0 Å². The maximum absolute atomic E-state index is 12.9. The Kier molecular flexibility index (Phi) is 5.53. The van der Waals surface area contributed by atoms with E-state index in [1.165, 1.54) is 16.0 Å². The lowest BCUT2D eigenvalue weighted by Gasteiger charge is -2.11. The van der Waals surface area contributed by atoms with Gasteiger partial charge in [0.05, 0.1) is 16.3 Å². The van der Waals surface area contributed by atoms with Gasteiger partial charge >= 0.3 is 6.03 Å². The molecule has 2 aliphatic rings. The standard InChI is InChI=1S/C27H26N4O3S/c32-23-12-11-19(28-26(33)25-13-17-7-3-4-8-24(17)35-25)14-20(23)21-15-22(16-5-1-2-6-16)31(30-21)27(34)29-18-9-10-18/h3-4,7-8,11-16,18,32H,1-2,5-6,9-10H2,(H,28,33)(H,29,34). The number of nitrogens with zero attached hydrogens (tertiary/aromatic N) is 2. The van der Waals surface area contributed by atoms with Gasteiger partial charge in [-0.1, -0.05) is 31.0 Å². The van der Waals surface area contributed by atoms with Gasteiger partial charge in [0.2, 0.25) is 0 Å². The van der Waals surface area contributed by atoms with Gasteiger partial charge < -0.3 is 15.7 Å². The first-order valence-corrected chi connectivity index (χ1v) is 12.9. The maximum atomic E-state index is 12.9. The highest BCUT2D eigenvalue weighted by molar-refractivity contribution is 7.20. The number of nitrogens with one attached hydrogen (secondary N) is 2. The van der Waals surface area contributed by atoms with Crippen LogP contribution in [-0.2, 0) is 0 Å². The Morgan fingerprint density at radius 3 is 2.57 bits per heavy atom. The van der Waals surface area contributed by atoms with E-state index in [1.807, 2.05) is 36.4 Å². The zero-order valence-electron chi connectivity index (χ0n) is 19.2. The third-order valence-corrected chi connectivity index (χ3v) is 7.90. The molecule has 2 fully saturated rings. The molecule has 2 amide bonds. The number of phenolic OH excluding ortho intramolecular Hbond substituents is 1. The summed E-state index contributed by atoms with van der Waals surface area (Å²) in [7, 11) is 0. The Morgan fingerprint density at radius 1 is 1.00 bits per heavy atom. The van der Waals surface area contributed by atoms with Crippen LogP contribution in [0.5, 0.6) is 5.75 Å². The normalized spacial score (nSPS) is 16.0. The van der Waals surface area contributed by atoms with Crippen molar-refractivity contribution in [2.75, 3.05) is 5.32 Å². The molecule has 0 saturated heterocycles. The van der Waals surface area contributed by atoms with Gasteiger partial charge in [-0.15, -0.1) is 11.3 Å². The summed E-state index contributed by atoms with van der Waals surface area (Å²) in [5.74, 6) is 0.123. The number of hydrogen-bond acceptors (Lipinski definition) is 5. The van der Waals surface area contributed by atoms with Crippen LogP contribution in [0.2, 0.25) is 0 Å². The van der Waals surface area contributed by atoms with E-state index >= 15 is 0 Å². The predicted octanol–water partition coefficient (Wildman–Crippen LogP) is 6.10. The summed E-state index contributed by atoms with van der Waals surface area (Å²) in [6, 6.07) is 16.6. The number of aromatic hydroxyl groups is 1. The molecule has 35 heavy (non-hydrogen) atoms. The van der Waals surface area contributed by atoms with Gasteiger partial charge in [-0.3, -0.25) is 4.79 Å². The van der Waals surface area contributed by atoms with Crippen LogP contribution in [0.3, 0.4) is 0 Å². The zero-order valence-corrected chi connectivity index (χ0v) is 20.0. The van der Waals surface area contributed by atoms with Crippen molar-refractivity contribution in [1.82, 2.24) is 15.1 Å². The van der Waals surface area contributed by atoms with E-state index in [1.54, 1.807) is 18.2 Å². The molecule has 3 N–H and O–H groups in total. The van der Waals surface area contributed by atoms with Gasteiger partial charge in [0.25, 0.3) is 5.91 Å². The number of amides is 2. The minimum absolute atomic E-state index is 0.0510. The molecule has 2 aromatic carbocycles. The third kappa shape index (κ3) is 4.41. The van der Waals surface area contributed by atoms with Crippen LogP contribution in [0.15, 0.2) is 54.6 Å². The van der Waals surface area contributed by atoms with Crippen molar-refractivity contribution in [3.05, 3.63) is 65.2 Å². The van der Waals surface area contributed by atoms with E-state index in [4.69, 9.17) is 0 Å². The van der Waals surface area contributed by atoms with Gasteiger partial charge in [0.1, 0.15) is 5.75 Å². The second-order valence-corrected chi connectivity index (χ2v) is 10.5. The number of rotatable bonds is 5. The number of hydrogen-bond donors (Lipinski definition) is 3. The molecule has 6 rings (SSSR count). The highest BCUT2D eigenvalue weighted by Gasteiger charge is 2.29. The van der Waals surface area contributed by atoms with E-state index in [0.29, 0.717) is 21.8 Å². The lowest BCUT2D eigenvalue weighted by molar-refractivity contribution is 0.103. The van der Waals surface area contributed by atoms with E-state index in [9.17, 15) is 14.7 Å². The summed E-state index contributed by atoms with van der Waals surface area (Å²) in [4.78, 5) is 26.4. The van der Waals surface area contributed by atoms with E-state index in [2.05, 4.69) is 15.7 Å². The molecule has 0 radical (unpaired) electrons. The Balaban J connectivity index is 1.30. The van der Waals surface area contributed by atoms with Crippen molar-refractivity contribution in [2.45, 2.75) is 50.5 Å². The fraction of sp³-hybridized carbons (Fsp3) is 0.296. The molecular weight excluding hydrogens is 460 g/mol. The Morgan fingerprint density at radius 2 is 1.80 bits per heavy atom. The van der Waals surface area contributed by atoms with Crippen molar-refractivity contribution in [1.29, 1.82) is 0 Å². The van der Waals surface area contributed by atoms with E-state index in [-0.39, 0.29) is 29.6 Å². The third-order valence-electron chi connectivity index (χ3n) is 6.79. The molecular formula is C27H26N4O3S. The fourth-order valence-electron chi connectivity index (χ4n) is 4.77. The number of thiophene rings is 1. The van der Waals surface area contributed by atoms with Crippen LogP contribution in [-0.4, -0.2) is 32.9 Å². The minimum Gasteiger partial charge on any atom is -0.507 e. The van der Waals surface area contributed by atoms with E-state index in [0.717, 1.165) is 54.3 Å².